The maximum absolute atomic E-state index is 11.4. The molecule has 1 amide bonds. The van der Waals surface area contributed by atoms with Gasteiger partial charge in [0.05, 0.1) is 0 Å². The molecule has 1 fully saturated rings. The zero-order valence-electron chi connectivity index (χ0n) is 7.92. The first-order valence-electron chi connectivity index (χ1n) is 4.48. The minimum absolute atomic E-state index is 0.0451. The number of amides is 1. The average molecular weight is 171 g/mol. The standard InChI is InChI=1S/C9H17NO2/c1-6(2)9(3,12)8(11)10-7-4-5-7/h6-7,12H,4-5H2,1-3H3,(H,10,11). The lowest BCUT2D eigenvalue weighted by Gasteiger charge is -2.26. The second-order valence-electron chi connectivity index (χ2n) is 4.05. The first-order valence-corrected chi connectivity index (χ1v) is 4.48. The number of nitrogens with one attached hydrogen (secondary N) is 1. The number of hydrogen-bond acceptors (Lipinski definition) is 2. The van der Waals surface area contributed by atoms with Crippen LogP contribution in [-0.2, 0) is 4.79 Å². The Bertz CT molecular complexity index is 183. The fourth-order valence-corrected chi connectivity index (χ4v) is 0.821. The number of aliphatic hydroxyl groups is 1. The predicted octanol–water partition coefficient (Wildman–Crippen LogP) is 0.672. The Morgan fingerprint density at radius 3 is 2.42 bits per heavy atom. The highest BCUT2D eigenvalue weighted by Crippen LogP contribution is 2.22. The SMILES string of the molecule is CC(C)C(C)(O)C(=O)NC1CC1. The highest BCUT2D eigenvalue weighted by molar-refractivity contribution is 5.85. The molecule has 1 saturated carbocycles. The van der Waals surface area contributed by atoms with Crippen molar-refractivity contribution in [3.8, 4) is 0 Å². The molecule has 2 N–H and O–H groups in total. The molecule has 0 aliphatic heterocycles. The molecular formula is C9H17NO2. The van der Waals surface area contributed by atoms with Crippen molar-refractivity contribution in [2.24, 2.45) is 5.92 Å². The highest BCUT2D eigenvalue weighted by Gasteiger charge is 2.36. The van der Waals surface area contributed by atoms with Crippen LogP contribution < -0.4 is 5.32 Å². The van der Waals surface area contributed by atoms with Crippen molar-refractivity contribution in [1.82, 2.24) is 5.32 Å². The van der Waals surface area contributed by atoms with Gasteiger partial charge in [-0.2, -0.15) is 0 Å². The van der Waals surface area contributed by atoms with Crippen LogP contribution in [0.4, 0.5) is 0 Å². The van der Waals surface area contributed by atoms with Crippen molar-refractivity contribution in [3.05, 3.63) is 0 Å². The van der Waals surface area contributed by atoms with E-state index in [1.165, 1.54) is 0 Å². The van der Waals surface area contributed by atoms with Gasteiger partial charge in [0.1, 0.15) is 5.60 Å². The summed E-state index contributed by atoms with van der Waals surface area (Å²) in [5.74, 6) is -0.281. The average Bonchev–Trinajstić information content (AvgIpc) is 2.71. The molecule has 0 saturated heterocycles. The fourth-order valence-electron chi connectivity index (χ4n) is 0.821. The van der Waals surface area contributed by atoms with E-state index in [-0.39, 0.29) is 11.8 Å². The van der Waals surface area contributed by atoms with Crippen LogP contribution in [0.25, 0.3) is 0 Å². The number of hydrogen-bond donors (Lipinski definition) is 2. The summed E-state index contributed by atoms with van der Waals surface area (Å²) < 4.78 is 0. The topological polar surface area (TPSA) is 49.3 Å². The van der Waals surface area contributed by atoms with Crippen molar-refractivity contribution < 1.29 is 9.90 Å². The molecule has 0 aromatic rings. The van der Waals surface area contributed by atoms with Gasteiger partial charge in [-0.15, -0.1) is 0 Å². The van der Waals surface area contributed by atoms with E-state index < -0.39 is 5.60 Å². The van der Waals surface area contributed by atoms with Crippen LogP contribution in [0.2, 0.25) is 0 Å². The Morgan fingerprint density at radius 1 is 1.58 bits per heavy atom. The van der Waals surface area contributed by atoms with Gasteiger partial charge in [-0.1, -0.05) is 13.8 Å². The largest absolute Gasteiger partial charge is 0.380 e. The third-order valence-corrected chi connectivity index (χ3v) is 2.50. The summed E-state index contributed by atoms with van der Waals surface area (Å²) in [5, 5.41) is 12.5. The van der Waals surface area contributed by atoms with Crippen LogP contribution in [0.3, 0.4) is 0 Å². The van der Waals surface area contributed by atoms with Gasteiger partial charge in [0.25, 0.3) is 5.91 Å². The van der Waals surface area contributed by atoms with Crippen molar-refractivity contribution in [2.75, 3.05) is 0 Å². The van der Waals surface area contributed by atoms with Gasteiger partial charge in [0.2, 0.25) is 0 Å². The lowest BCUT2D eigenvalue weighted by molar-refractivity contribution is -0.142. The zero-order chi connectivity index (χ0) is 9.35. The van der Waals surface area contributed by atoms with Crippen LogP contribution in [0.5, 0.6) is 0 Å². The molecule has 3 heteroatoms. The number of carbonyl (C=O) groups is 1. The van der Waals surface area contributed by atoms with E-state index in [9.17, 15) is 9.90 Å². The minimum atomic E-state index is -1.22. The molecule has 0 aromatic heterocycles. The van der Waals surface area contributed by atoms with Crippen LogP contribution in [-0.4, -0.2) is 22.7 Å². The zero-order valence-corrected chi connectivity index (χ0v) is 7.92. The molecule has 3 nitrogen and oxygen atoms in total. The van der Waals surface area contributed by atoms with Gasteiger partial charge in [-0.25, -0.2) is 0 Å². The molecule has 70 valence electrons. The van der Waals surface area contributed by atoms with Gasteiger partial charge in [0, 0.05) is 6.04 Å². The summed E-state index contributed by atoms with van der Waals surface area (Å²) in [6.45, 7) is 5.24. The van der Waals surface area contributed by atoms with Crippen LogP contribution in [0, 0.1) is 5.92 Å². The van der Waals surface area contributed by atoms with E-state index in [4.69, 9.17) is 0 Å². The predicted molar refractivity (Wildman–Crippen MR) is 46.6 cm³/mol. The summed E-state index contributed by atoms with van der Waals surface area (Å²) in [6, 6.07) is 0.322. The van der Waals surface area contributed by atoms with E-state index in [0.29, 0.717) is 6.04 Å². The van der Waals surface area contributed by atoms with Crippen molar-refractivity contribution >= 4 is 5.91 Å². The Kier molecular flexibility index (Phi) is 2.42. The van der Waals surface area contributed by atoms with Crippen LogP contribution in [0.1, 0.15) is 33.6 Å². The van der Waals surface area contributed by atoms with Crippen LogP contribution in [0.15, 0.2) is 0 Å². The first-order chi connectivity index (χ1) is 5.44. The van der Waals surface area contributed by atoms with Gasteiger partial charge < -0.3 is 10.4 Å². The second-order valence-corrected chi connectivity index (χ2v) is 4.05. The summed E-state index contributed by atoms with van der Waals surface area (Å²) in [7, 11) is 0. The molecule has 0 spiro atoms. The molecule has 0 radical (unpaired) electrons. The Labute approximate surface area is 73.2 Å². The number of rotatable bonds is 3. The summed E-state index contributed by atoms with van der Waals surface area (Å²) >= 11 is 0. The quantitative estimate of drug-likeness (QED) is 0.655. The van der Waals surface area contributed by atoms with Gasteiger partial charge in [-0.3, -0.25) is 4.79 Å². The molecular weight excluding hydrogens is 154 g/mol. The fraction of sp³-hybridized carbons (Fsp3) is 0.889. The Morgan fingerprint density at radius 2 is 2.08 bits per heavy atom. The Balaban J connectivity index is 2.47. The lowest BCUT2D eigenvalue weighted by Crippen LogP contribution is -2.48. The number of carbonyl (C=O) groups excluding carboxylic acids is 1. The summed E-state index contributed by atoms with van der Waals surface area (Å²) in [5.41, 5.74) is -1.22. The molecule has 1 aliphatic carbocycles. The molecule has 1 atom stereocenters. The molecule has 0 aromatic carbocycles. The Hall–Kier alpha value is -0.570. The molecule has 0 bridgehead atoms. The minimum Gasteiger partial charge on any atom is -0.380 e. The lowest BCUT2D eigenvalue weighted by atomic mass is 9.92. The summed E-state index contributed by atoms with van der Waals surface area (Å²) in [4.78, 5) is 11.4. The molecule has 12 heavy (non-hydrogen) atoms. The van der Waals surface area contributed by atoms with Crippen molar-refractivity contribution in [1.29, 1.82) is 0 Å². The third-order valence-electron chi connectivity index (χ3n) is 2.50. The molecule has 1 rings (SSSR count). The maximum atomic E-state index is 11.4. The van der Waals surface area contributed by atoms with Gasteiger partial charge in [0.15, 0.2) is 0 Å². The van der Waals surface area contributed by atoms with Gasteiger partial charge >= 0.3 is 0 Å². The van der Waals surface area contributed by atoms with Crippen LogP contribution >= 0.6 is 0 Å². The van der Waals surface area contributed by atoms with Crippen molar-refractivity contribution in [2.45, 2.75) is 45.3 Å². The maximum Gasteiger partial charge on any atom is 0.252 e. The van der Waals surface area contributed by atoms with E-state index in [1.54, 1.807) is 6.92 Å². The van der Waals surface area contributed by atoms with E-state index in [0.717, 1.165) is 12.8 Å². The highest BCUT2D eigenvalue weighted by atomic mass is 16.3. The van der Waals surface area contributed by atoms with Crippen molar-refractivity contribution in [3.63, 3.8) is 0 Å². The van der Waals surface area contributed by atoms with Gasteiger partial charge in [-0.05, 0) is 25.7 Å². The summed E-state index contributed by atoms with van der Waals surface area (Å²) in [6.07, 6.45) is 2.11. The third kappa shape index (κ3) is 1.97. The van der Waals surface area contributed by atoms with E-state index in [2.05, 4.69) is 5.32 Å². The molecule has 1 aliphatic rings. The smallest absolute Gasteiger partial charge is 0.252 e. The van der Waals surface area contributed by atoms with E-state index in [1.807, 2.05) is 13.8 Å². The molecule has 1 unspecified atom stereocenters. The normalized spacial score (nSPS) is 22.1. The van der Waals surface area contributed by atoms with E-state index >= 15 is 0 Å². The second kappa shape index (κ2) is 3.05. The monoisotopic (exact) mass is 171 g/mol. The first kappa shape index (κ1) is 9.52. The molecule has 0 heterocycles.